The monoisotopic (exact) mass is 824 g/mol. The van der Waals surface area contributed by atoms with Gasteiger partial charge in [0.1, 0.15) is 15.7 Å². The van der Waals surface area contributed by atoms with Gasteiger partial charge in [0.25, 0.3) is 5.91 Å². The van der Waals surface area contributed by atoms with Crippen molar-refractivity contribution in [1.29, 1.82) is 0 Å². The lowest BCUT2D eigenvalue weighted by Gasteiger charge is -2.19. The molecule has 0 aliphatic carbocycles. The Hall–Kier alpha value is -6.42. The Labute approximate surface area is 349 Å². The number of aromatic nitrogens is 6. The largest absolute Gasteiger partial charge is 0.476 e. The van der Waals surface area contributed by atoms with Crippen molar-refractivity contribution >= 4 is 57.2 Å². The van der Waals surface area contributed by atoms with E-state index >= 15 is 0 Å². The molecule has 2 aliphatic rings. The van der Waals surface area contributed by atoms with Crippen molar-refractivity contribution in [2.45, 2.75) is 38.8 Å². The molecule has 2 aromatic carbocycles. The van der Waals surface area contributed by atoms with Crippen LogP contribution in [0.2, 0.25) is 0 Å². The molecule has 8 aromatic rings. The normalized spacial score (nSPS) is 16.1. The first-order valence-corrected chi connectivity index (χ1v) is 21.1. The Kier molecular flexibility index (Phi) is 11.8. The van der Waals surface area contributed by atoms with Crippen molar-refractivity contribution in [2.24, 2.45) is 5.73 Å². The van der Waals surface area contributed by atoms with E-state index in [1.54, 1.807) is 5.38 Å². The summed E-state index contributed by atoms with van der Waals surface area (Å²) >= 11 is 2.83. The lowest BCUT2D eigenvalue weighted by molar-refractivity contribution is 0.0691. The van der Waals surface area contributed by atoms with E-state index < -0.39 is 5.97 Å². The summed E-state index contributed by atoms with van der Waals surface area (Å²) in [6, 6.07) is 28.1. The van der Waals surface area contributed by atoms with Crippen molar-refractivity contribution in [3.8, 4) is 21.1 Å². The summed E-state index contributed by atoms with van der Waals surface area (Å²) in [4.78, 5) is 45.7. The van der Waals surface area contributed by atoms with Crippen molar-refractivity contribution in [3.05, 3.63) is 143 Å². The first-order chi connectivity index (χ1) is 28.7. The third kappa shape index (κ3) is 9.17. The number of thiazole rings is 2. The standard InChI is InChI=1S/C22H21N5OS.C12H16N4.C10H7NO2S/c1-15-12-26-10-5-8-19(26)20(23-15)27-11-9-17(13-27)24-21(28)18-14-29-22(25-18)16-6-3-2-4-7-16;1-9-7-15-5-2-3-11(15)12(14-9)16-6-4-10(13)8-16;12-10(13)8-6-14-9(11-8)7-4-2-1-3-5-7/h2-8,10,12,14,17H,9,11,13H2,1H3,(H,24,28);2-3,5,7,10H,4,6,8,13H2,1H3;1-6H,(H,12,13)/t17-;10-;/m00./s1. The molecule has 59 heavy (non-hydrogen) atoms. The van der Waals surface area contributed by atoms with Gasteiger partial charge in [-0.05, 0) is 51.0 Å². The number of hydrogen-bond acceptors (Lipinski definition) is 11. The van der Waals surface area contributed by atoms with Gasteiger partial charge in [-0.25, -0.2) is 24.7 Å². The van der Waals surface area contributed by atoms with Crippen molar-refractivity contribution in [3.63, 3.8) is 0 Å². The smallest absolute Gasteiger partial charge is 0.355 e. The lowest BCUT2D eigenvalue weighted by Crippen LogP contribution is -2.37. The molecule has 1 amide bonds. The van der Waals surface area contributed by atoms with Gasteiger partial charge < -0.3 is 34.8 Å². The molecule has 6 aromatic heterocycles. The Morgan fingerprint density at radius 3 is 1.69 bits per heavy atom. The minimum Gasteiger partial charge on any atom is -0.476 e. The van der Waals surface area contributed by atoms with Gasteiger partial charge in [0.05, 0.1) is 22.4 Å². The number of carboxylic acids is 1. The van der Waals surface area contributed by atoms with Crippen LogP contribution in [0.25, 0.3) is 32.2 Å². The second kappa shape index (κ2) is 17.6. The molecule has 0 saturated carbocycles. The number of nitrogens with one attached hydrogen (secondary N) is 1. The fraction of sp³-hybridized carbons (Fsp3) is 0.227. The van der Waals surface area contributed by atoms with Crippen LogP contribution >= 0.6 is 22.7 Å². The highest BCUT2D eigenvalue weighted by atomic mass is 32.1. The Balaban J connectivity index is 0.000000136. The molecule has 0 spiro atoms. The summed E-state index contributed by atoms with van der Waals surface area (Å²) in [7, 11) is 0. The molecule has 10 rings (SSSR count). The number of amides is 1. The van der Waals surface area contributed by atoms with Gasteiger partial charge in [-0.1, -0.05) is 60.7 Å². The number of carbonyl (C=O) groups is 2. The van der Waals surface area contributed by atoms with E-state index in [0.717, 1.165) is 88.7 Å². The second-order valence-electron chi connectivity index (χ2n) is 14.5. The summed E-state index contributed by atoms with van der Waals surface area (Å²) in [5.74, 6) is 0.952. The number of carboxylic acid groups (broad SMARTS) is 1. The van der Waals surface area contributed by atoms with Crippen LogP contribution in [0.4, 0.5) is 11.6 Å². The zero-order valence-electron chi connectivity index (χ0n) is 32.7. The first-order valence-electron chi connectivity index (χ1n) is 19.4. The van der Waals surface area contributed by atoms with Gasteiger partial charge in [-0.15, -0.1) is 22.7 Å². The van der Waals surface area contributed by atoms with Gasteiger partial charge in [0.2, 0.25) is 0 Å². The molecule has 2 aliphatic heterocycles. The molecular weight excluding hydrogens is 781 g/mol. The molecule has 13 nitrogen and oxygen atoms in total. The summed E-state index contributed by atoms with van der Waals surface area (Å²) in [6.07, 6.45) is 10.1. The van der Waals surface area contributed by atoms with E-state index in [2.05, 4.69) is 69.5 Å². The Bertz CT molecular complexity index is 2690. The van der Waals surface area contributed by atoms with E-state index in [0.29, 0.717) is 5.69 Å². The van der Waals surface area contributed by atoms with Gasteiger partial charge in [-0.3, -0.25) is 4.79 Å². The molecule has 0 radical (unpaired) electrons. The number of nitrogens with zero attached hydrogens (tertiary/aromatic N) is 8. The highest BCUT2D eigenvalue weighted by Crippen LogP contribution is 2.27. The van der Waals surface area contributed by atoms with Crippen LogP contribution in [0.5, 0.6) is 0 Å². The third-order valence-electron chi connectivity index (χ3n) is 10.1. The Morgan fingerprint density at radius 2 is 1.19 bits per heavy atom. The van der Waals surface area contributed by atoms with E-state index in [4.69, 9.17) is 15.8 Å². The summed E-state index contributed by atoms with van der Waals surface area (Å²) in [6.45, 7) is 7.58. The zero-order chi connectivity index (χ0) is 40.9. The first kappa shape index (κ1) is 39.4. The van der Waals surface area contributed by atoms with Crippen LogP contribution in [0.15, 0.2) is 120 Å². The molecule has 0 bridgehead atoms. The maximum atomic E-state index is 12.7. The zero-order valence-corrected chi connectivity index (χ0v) is 34.3. The van der Waals surface area contributed by atoms with Gasteiger partial charge in [0, 0.05) is 84.9 Å². The van der Waals surface area contributed by atoms with Crippen LogP contribution in [0, 0.1) is 13.8 Å². The molecule has 8 heterocycles. The number of aromatic carboxylic acids is 1. The third-order valence-corrected chi connectivity index (χ3v) is 11.9. The quantitative estimate of drug-likeness (QED) is 0.147. The minimum absolute atomic E-state index is 0.0849. The highest BCUT2D eigenvalue weighted by Gasteiger charge is 2.27. The maximum Gasteiger partial charge on any atom is 0.355 e. The van der Waals surface area contributed by atoms with Crippen LogP contribution in [0.1, 0.15) is 45.2 Å². The molecule has 15 heteroatoms. The summed E-state index contributed by atoms with van der Waals surface area (Å²) in [5, 5.41) is 16.8. The number of anilines is 2. The number of rotatable bonds is 7. The number of hydrogen-bond donors (Lipinski definition) is 3. The predicted molar refractivity (Wildman–Crippen MR) is 235 cm³/mol. The van der Waals surface area contributed by atoms with Crippen molar-refractivity contribution in [2.75, 3.05) is 36.0 Å². The van der Waals surface area contributed by atoms with Crippen LogP contribution in [-0.2, 0) is 0 Å². The maximum absolute atomic E-state index is 12.7. The molecule has 300 valence electrons. The lowest BCUT2D eigenvalue weighted by atomic mass is 10.2. The Morgan fingerprint density at radius 1 is 0.678 bits per heavy atom. The minimum atomic E-state index is -0.983. The predicted octanol–water partition coefficient (Wildman–Crippen LogP) is 7.46. The molecule has 2 saturated heterocycles. The average molecular weight is 825 g/mol. The molecule has 2 fully saturated rings. The number of nitrogens with two attached hydrogens (primary N) is 1. The molecular formula is C44H44N10O3S2. The average Bonchev–Trinajstić information content (AvgIpc) is 4.10. The van der Waals surface area contributed by atoms with Crippen molar-refractivity contribution in [1.82, 2.24) is 34.1 Å². The van der Waals surface area contributed by atoms with Gasteiger partial charge in [-0.2, -0.15) is 0 Å². The van der Waals surface area contributed by atoms with Crippen molar-refractivity contribution < 1.29 is 14.7 Å². The van der Waals surface area contributed by atoms with E-state index in [1.807, 2.05) is 98.4 Å². The summed E-state index contributed by atoms with van der Waals surface area (Å²) < 4.78 is 4.23. The molecule has 0 unspecified atom stereocenters. The second-order valence-corrected chi connectivity index (χ2v) is 16.2. The molecule has 4 N–H and O–H groups in total. The van der Waals surface area contributed by atoms with Gasteiger partial charge in [0.15, 0.2) is 17.3 Å². The number of fused-ring (bicyclic) bond motifs is 2. The fourth-order valence-corrected chi connectivity index (χ4v) is 8.86. The van der Waals surface area contributed by atoms with Crippen LogP contribution in [-0.4, -0.2) is 84.0 Å². The van der Waals surface area contributed by atoms with Crippen LogP contribution in [0.3, 0.4) is 0 Å². The fourth-order valence-electron chi connectivity index (χ4n) is 7.25. The topological polar surface area (TPSA) is 159 Å². The van der Waals surface area contributed by atoms with E-state index in [-0.39, 0.29) is 23.7 Å². The van der Waals surface area contributed by atoms with E-state index in [9.17, 15) is 9.59 Å². The number of aryl methyl sites for hydroxylation is 2. The van der Waals surface area contributed by atoms with E-state index in [1.165, 1.54) is 28.2 Å². The SMILES string of the molecule is Cc1cn2cccc2c(N2CC[C@H](N)C2)n1.Cc1cn2cccc2c(N2CC[C@H](NC(=O)c3csc(-c4ccccc4)n3)C2)n1.O=C(O)c1csc(-c2ccccc2)n1. The molecule has 2 atom stereocenters. The van der Waals surface area contributed by atoms with Crippen LogP contribution < -0.4 is 20.9 Å². The number of carbonyl (C=O) groups excluding carboxylic acids is 1. The summed E-state index contributed by atoms with van der Waals surface area (Å²) in [5.41, 5.74) is 12.8. The highest BCUT2D eigenvalue weighted by molar-refractivity contribution is 7.13. The number of benzene rings is 2. The van der Waals surface area contributed by atoms with Gasteiger partial charge >= 0.3 is 5.97 Å².